The predicted molar refractivity (Wildman–Crippen MR) is 90.1 cm³/mol. The third-order valence-corrected chi connectivity index (χ3v) is 5.36. The highest BCUT2D eigenvalue weighted by Gasteiger charge is 2.53. The first-order valence-electron chi connectivity index (χ1n) is 7.56. The molecule has 1 saturated carbocycles. The van der Waals surface area contributed by atoms with Crippen LogP contribution >= 0.6 is 11.3 Å². The number of aromatic amines is 1. The SMILES string of the molecule is CN(C(=O)c1csc(=O)[nH]1)[C@H]1C[C@@H](Oc2ccccc2)C1(C)C. The van der Waals surface area contributed by atoms with Crippen LogP contribution in [0, 0.1) is 5.41 Å². The Bertz CT molecular complexity index is 750. The molecule has 6 heteroatoms. The molecule has 0 aliphatic heterocycles. The molecule has 122 valence electrons. The van der Waals surface area contributed by atoms with Gasteiger partial charge in [-0.05, 0) is 12.1 Å². The van der Waals surface area contributed by atoms with E-state index in [1.807, 2.05) is 30.3 Å². The molecule has 0 saturated heterocycles. The van der Waals surface area contributed by atoms with E-state index < -0.39 is 0 Å². The topological polar surface area (TPSA) is 62.4 Å². The van der Waals surface area contributed by atoms with Crippen molar-refractivity contribution in [3.05, 3.63) is 51.1 Å². The second kappa shape index (κ2) is 5.85. The average Bonchev–Trinajstić information content (AvgIpc) is 2.97. The summed E-state index contributed by atoms with van der Waals surface area (Å²) in [6.07, 6.45) is 0.838. The Morgan fingerprint density at radius 2 is 2.04 bits per heavy atom. The molecule has 1 amide bonds. The van der Waals surface area contributed by atoms with Gasteiger partial charge in [0, 0.05) is 30.3 Å². The number of hydrogen-bond donors (Lipinski definition) is 1. The molecule has 1 aliphatic rings. The van der Waals surface area contributed by atoms with Crippen LogP contribution in [-0.2, 0) is 0 Å². The number of carbonyl (C=O) groups is 1. The predicted octanol–water partition coefficient (Wildman–Crippen LogP) is 2.75. The quantitative estimate of drug-likeness (QED) is 0.936. The molecule has 0 unspecified atom stereocenters. The van der Waals surface area contributed by atoms with Gasteiger partial charge < -0.3 is 14.6 Å². The van der Waals surface area contributed by atoms with Gasteiger partial charge in [0.2, 0.25) is 0 Å². The lowest BCUT2D eigenvalue weighted by Gasteiger charge is -2.54. The number of para-hydroxylation sites is 1. The maximum absolute atomic E-state index is 12.5. The summed E-state index contributed by atoms with van der Waals surface area (Å²) in [5.74, 6) is 0.694. The van der Waals surface area contributed by atoms with E-state index in [4.69, 9.17) is 4.74 Å². The minimum atomic E-state index is -0.208. The van der Waals surface area contributed by atoms with Crippen LogP contribution in [0.5, 0.6) is 5.75 Å². The standard InChI is InChI=1S/C17H20N2O3S/c1-17(2)13(9-14(17)22-11-7-5-4-6-8-11)19(3)15(20)12-10-23-16(21)18-12/h4-8,10,13-14H,9H2,1-3H3,(H,18,21)/t13-,14+/m0/s1. The van der Waals surface area contributed by atoms with Gasteiger partial charge in [0.1, 0.15) is 17.5 Å². The fraction of sp³-hybridized carbons (Fsp3) is 0.412. The summed E-state index contributed by atoms with van der Waals surface area (Å²) in [4.78, 5) is 27.8. The Balaban J connectivity index is 1.68. The van der Waals surface area contributed by atoms with E-state index in [-0.39, 0.29) is 28.3 Å². The minimum Gasteiger partial charge on any atom is -0.490 e. The number of rotatable bonds is 4. The maximum atomic E-state index is 12.5. The van der Waals surface area contributed by atoms with Gasteiger partial charge in [0.15, 0.2) is 0 Å². The van der Waals surface area contributed by atoms with Gasteiger partial charge in [-0.15, -0.1) is 0 Å². The molecule has 1 N–H and O–H groups in total. The number of carbonyl (C=O) groups excluding carboxylic acids is 1. The first kappa shape index (κ1) is 15.8. The summed E-state index contributed by atoms with van der Waals surface area (Å²) in [5, 5.41) is 1.57. The van der Waals surface area contributed by atoms with Gasteiger partial charge in [0.25, 0.3) is 5.91 Å². The number of nitrogens with one attached hydrogen (secondary N) is 1. The van der Waals surface area contributed by atoms with Gasteiger partial charge >= 0.3 is 4.87 Å². The van der Waals surface area contributed by atoms with Crippen LogP contribution in [0.25, 0.3) is 0 Å². The normalized spacial score (nSPS) is 22.2. The van der Waals surface area contributed by atoms with Crippen molar-refractivity contribution in [2.24, 2.45) is 5.41 Å². The van der Waals surface area contributed by atoms with Crippen LogP contribution in [0.3, 0.4) is 0 Å². The molecule has 0 spiro atoms. The third kappa shape index (κ3) is 2.91. The number of thiazole rings is 1. The van der Waals surface area contributed by atoms with Gasteiger partial charge in [-0.1, -0.05) is 43.4 Å². The maximum Gasteiger partial charge on any atom is 0.305 e. The van der Waals surface area contributed by atoms with E-state index >= 15 is 0 Å². The summed E-state index contributed by atoms with van der Waals surface area (Å²) in [7, 11) is 1.78. The van der Waals surface area contributed by atoms with Crippen molar-refractivity contribution in [3.8, 4) is 5.75 Å². The lowest BCUT2D eigenvalue weighted by molar-refractivity contribution is -0.0887. The van der Waals surface area contributed by atoms with Crippen LogP contribution in [0.4, 0.5) is 0 Å². The van der Waals surface area contributed by atoms with Crippen molar-refractivity contribution in [1.82, 2.24) is 9.88 Å². The van der Waals surface area contributed by atoms with E-state index in [1.165, 1.54) is 0 Å². The Morgan fingerprint density at radius 3 is 2.61 bits per heavy atom. The molecule has 5 nitrogen and oxygen atoms in total. The fourth-order valence-corrected chi connectivity index (χ4v) is 3.66. The van der Waals surface area contributed by atoms with E-state index in [0.717, 1.165) is 23.5 Å². The van der Waals surface area contributed by atoms with Crippen LogP contribution in [0.1, 0.15) is 30.8 Å². The van der Waals surface area contributed by atoms with Crippen LogP contribution in [0.15, 0.2) is 40.5 Å². The highest BCUT2D eigenvalue weighted by Crippen LogP contribution is 2.45. The molecular formula is C17H20N2O3S. The lowest BCUT2D eigenvalue weighted by atomic mass is 9.63. The number of H-pyrrole nitrogens is 1. The molecule has 2 atom stereocenters. The largest absolute Gasteiger partial charge is 0.490 e. The van der Waals surface area contributed by atoms with Crippen molar-refractivity contribution in [2.75, 3.05) is 7.05 Å². The Kier molecular flexibility index (Phi) is 4.02. The van der Waals surface area contributed by atoms with Gasteiger partial charge in [0.05, 0.1) is 0 Å². The van der Waals surface area contributed by atoms with E-state index in [9.17, 15) is 9.59 Å². The molecule has 1 aromatic carbocycles. The molecule has 0 bridgehead atoms. The summed E-state index contributed by atoms with van der Waals surface area (Å²) in [5.41, 5.74) is 0.196. The monoisotopic (exact) mass is 332 g/mol. The molecular weight excluding hydrogens is 312 g/mol. The smallest absolute Gasteiger partial charge is 0.305 e. The minimum absolute atomic E-state index is 0.0617. The molecule has 0 radical (unpaired) electrons. The van der Waals surface area contributed by atoms with Gasteiger partial charge in [-0.3, -0.25) is 9.59 Å². The van der Waals surface area contributed by atoms with Crippen molar-refractivity contribution in [2.45, 2.75) is 32.4 Å². The number of hydrogen-bond acceptors (Lipinski definition) is 4. The number of benzene rings is 1. The third-order valence-electron chi connectivity index (χ3n) is 4.69. The van der Waals surface area contributed by atoms with Crippen LogP contribution in [0.2, 0.25) is 0 Å². The Morgan fingerprint density at radius 1 is 1.35 bits per heavy atom. The lowest BCUT2D eigenvalue weighted by Crippen LogP contribution is -2.63. The Labute approximate surface area is 138 Å². The molecule has 3 rings (SSSR count). The zero-order valence-electron chi connectivity index (χ0n) is 13.4. The molecule has 1 fully saturated rings. The number of ether oxygens (including phenoxy) is 1. The number of nitrogens with zero attached hydrogens (tertiary/aromatic N) is 1. The molecule has 1 aromatic heterocycles. The van der Waals surface area contributed by atoms with Gasteiger partial charge in [-0.2, -0.15) is 0 Å². The van der Waals surface area contributed by atoms with Crippen molar-refractivity contribution < 1.29 is 9.53 Å². The van der Waals surface area contributed by atoms with E-state index in [2.05, 4.69) is 18.8 Å². The summed E-state index contributed by atoms with van der Waals surface area (Å²) in [6, 6.07) is 9.80. The number of aromatic nitrogens is 1. The zero-order valence-corrected chi connectivity index (χ0v) is 14.2. The molecule has 2 aromatic rings. The van der Waals surface area contributed by atoms with Crippen molar-refractivity contribution in [1.29, 1.82) is 0 Å². The molecule has 1 heterocycles. The highest BCUT2D eigenvalue weighted by atomic mass is 32.1. The van der Waals surface area contributed by atoms with Crippen LogP contribution in [-0.4, -0.2) is 35.0 Å². The molecule has 1 aliphatic carbocycles. The van der Waals surface area contributed by atoms with Gasteiger partial charge in [-0.25, -0.2) is 0 Å². The van der Waals surface area contributed by atoms with Crippen molar-refractivity contribution in [3.63, 3.8) is 0 Å². The summed E-state index contributed by atoms with van der Waals surface area (Å²) >= 11 is 1.01. The zero-order chi connectivity index (χ0) is 16.6. The number of amides is 1. The second-order valence-corrected chi connectivity index (χ2v) is 7.31. The van der Waals surface area contributed by atoms with Crippen LogP contribution < -0.4 is 9.61 Å². The summed E-state index contributed by atoms with van der Waals surface area (Å²) in [6.45, 7) is 4.21. The van der Waals surface area contributed by atoms with E-state index in [0.29, 0.717) is 5.69 Å². The summed E-state index contributed by atoms with van der Waals surface area (Å²) < 4.78 is 6.04. The van der Waals surface area contributed by atoms with E-state index in [1.54, 1.807) is 17.3 Å². The first-order chi connectivity index (χ1) is 10.9. The molecule has 23 heavy (non-hydrogen) atoms. The Hall–Kier alpha value is -2.08. The fourth-order valence-electron chi connectivity index (χ4n) is 3.10. The highest BCUT2D eigenvalue weighted by molar-refractivity contribution is 7.07. The first-order valence-corrected chi connectivity index (χ1v) is 8.44. The van der Waals surface area contributed by atoms with Crippen molar-refractivity contribution >= 4 is 17.2 Å². The average molecular weight is 332 g/mol. The second-order valence-electron chi connectivity index (χ2n) is 6.47.